The molecule has 0 aromatic carbocycles. The molecule has 3 rings (SSSR count). The van der Waals surface area contributed by atoms with Crippen LogP contribution in [0.4, 0.5) is 5.82 Å². The maximum atomic E-state index is 8.78. The Morgan fingerprint density at radius 2 is 1.57 bits per heavy atom. The minimum Gasteiger partial charge on any atom is -0.259 e. The second-order valence-electron chi connectivity index (χ2n) is 4.64. The number of hydrogen-bond donors (Lipinski definition) is 0. The van der Waals surface area contributed by atoms with Gasteiger partial charge >= 0.3 is 0 Å². The summed E-state index contributed by atoms with van der Waals surface area (Å²) in [5.74, 6) is 0.431. The Morgan fingerprint density at radius 3 is 2.04 bits per heavy atom. The fraction of sp³-hybridized carbons (Fsp3) is 0.0588. The normalized spacial score (nSPS) is 10.8. The maximum Gasteiger partial charge on any atom is 0.174 e. The molecule has 3 aromatic rings. The van der Waals surface area contributed by atoms with Gasteiger partial charge in [-0.25, -0.2) is 4.98 Å². The van der Waals surface area contributed by atoms with E-state index in [-0.39, 0.29) is 0 Å². The Kier molecular flexibility index (Phi) is 4.41. The molecular formula is C17H12N6. The minimum atomic E-state index is -0.408. The quantitative estimate of drug-likeness (QED) is 0.688. The number of rotatable bonds is 4. The first-order valence-electron chi connectivity index (χ1n) is 6.95. The average molecular weight is 300 g/mol. The smallest absolute Gasteiger partial charge is 0.174 e. The average Bonchev–Trinajstić information content (AvgIpc) is 2.64. The summed E-state index contributed by atoms with van der Waals surface area (Å²) in [5, 5.41) is 17.3. The molecule has 0 N–H and O–H groups in total. The van der Waals surface area contributed by atoms with E-state index in [2.05, 4.69) is 25.2 Å². The fourth-order valence-electron chi connectivity index (χ4n) is 1.97. The van der Waals surface area contributed by atoms with Gasteiger partial charge in [0.05, 0.1) is 17.0 Å². The fourth-order valence-corrected chi connectivity index (χ4v) is 1.97. The first-order valence-corrected chi connectivity index (χ1v) is 6.95. The Bertz CT molecular complexity index is 783. The molecular weight excluding hydrogens is 288 g/mol. The lowest BCUT2D eigenvalue weighted by Crippen LogP contribution is -2.02. The molecule has 23 heavy (non-hydrogen) atoms. The number of aromatic nitrogens is 3. The van der Waals surface area contributed by atoms with Gasteiger partial charge < -0.3 is 0 Å². The molecule has 0 atom stereocenters. The third-order valence-corrected chi connectivity index (χ3v) is 3.09. The maximum absolute atomic E-state index is 8.78. The van der Waals surface area contributed by atoms with E-state index in [0.717, 1.165) is 11.4 Å². The van der Waals surface area contributed by atoms with E-state index in [1.165, 1.54) is 6.20 Å². The van der Waals surface area contributed by atoms with Crippen LogP contribution in [0.25, 0.3) is 0 Å². The topological polar surface area (TPSA) is 87.2 Å². The highest BCUT2D eigenvalue weighted by Crippen LogP contribution is 2.24. The first-order chi connectivity index (χ1) is 11.4. The van der Waals surface area contributed by atoms with Crippen LogP contribution in [0.5, 0.6) is 0 Å². The zero-order valence-electron chi connectivity index (χ0n) is 12.1. The van der Waals surface area contributed by atoms with Crippen molar-refractivity contribution in [1.82, 2.24) is 15.0 Å². The van der Waals surface area contributed by atoms with Gasteiger partial charge in [0.25, 0.3) is 0 Å². The van der Waals surface area contributed by atoms with Gasteiger partial charge in [0.2, 0.25) is 0 Å². The van der Waals surface area contributed by atoms with Crippen molar-refractivity contribution < 1.29 is 0 Å². The van der Waals surface area contributed by atoms with Crippen molar-refractivity contribution in [1.29, 1.82) is 5.26 Å². The Balaban J connectivity index is 1.93. The number of pyridine rings is 3. The van der Waals surface area contributed by atoms with E-state index in [1.807, 2.05) is 42.5 Å². The summed E-state index contributed by atoms with van der Waals surface area (Å²) in [4.78, 5) is 12.8. The lowest BCUT2D eigenvalue weighted by molar-refractivity contribution is 0.748. The highest BCUT2D eigenvalue weighted by molar-refractivity contribution is 5.34. The van der Waals surface area contributed by atoms with E-state index in [9.17, 15) is 0 Å². The summed E-state index contributed by atoms with van der Waals surface area (Å²) in [7, 11) is 0. The highest BCUT2D eigenvalue weighted by atomic mass is 15.2. The standard InChI is InChI=1S/C17H12N6/c18-11-13-7-8-16(21-12-13)22-23-17(14-5-1-3-9-19-14)15-6-2-4-10-20-15/h1-10,12,17H. The number of hydrogen-bond acceptors (Lipinski definition) is 6. The van der Waals surface area contributed by atoms with Crippen molar-refractivity contribution in [2.45, 2.75) is 6.04 Å². The molecule has 0 aliphatic heterocycles. The minimum absolute atomic E-state index is 0.408. The molecule has 0 aliphatic carbocycles. The summed E-state index contributed by atoms with van der Waals surface area (Å²) in [6.07, 6.45) is 4.88. The largest absolute Gasteiger partial charge is 0.259 e. The molecule has 0 bridgehead atoms. The SMILES string of the molecule is N#Cc1ccc(N=NC(c2ccccn2)c2ccccn2)nc1. The van der Waals surface area contributed by atoms with Crippen LogP contribution in [0, 0.1) is 11.3 Å². The predicted molar refractivity (Wildman–Crippen MR) is 83.8 cm³/mol. The Hall–Kier alpha value is -3.46. The summed E-state index contributed by atoms with van der Waals surface area (Å²) < 4.78 is 0. The molecule has 0 radical (unpaired) electrons. The van der Waals surface area contributed by atoms with Gasteiger partial charge in [0.15, 0.2) is 11.9 Å². The van der Waals surface area contributed by atoms with Gasteiger partial charge in [0.1, 0.15) is 6.07 Å². The molecule has 0 aliphatic rings. The zero-order chi connectivity index (χ0) is 15.9. The lowest BCUT2D eigenvalue weighted by Gasteiger charge is -2.09. The Morgan fingerprint density at radius 1 is 0.870 bits per heavy atom. The van der Waals surface area contributed by atoms with Crippen LogP contribution in [-0.4, -0.2) is 15.0 Å². The lowest BCUT2D eigenvalue weighted by atomic mass is 10.1. The van der Waals surface area contributed by atoms with E-state index in [1.54, 1.807) is 24.5 Å². The van der Waals surface area contributed by atoms with Crippen LogP contribution in [-0.2, 0) is 0 Å². The van der Waals surface area contributed by atoms with Crippen LogP contribution in [0.15, 0.2) is 77.3 Å². The van der Waals surface area contributed by atoms with Crippen molar-refractivity contribution in [2.75, 3.05) is 0 Å². The number of nitrogens with zero attached hydrogens (tertiary/aromatic N) is 6. The van der Waals surface area contributed by atoms with Gasteiger partial charge in [-0.1, -0.05) is 12.1 Å². The summed E-state index contributed by atoms with van der Waals surface area (Å²) in [6.45, 7) is 0. The van der Waals surface area contributed by atoms with Crippen LogP contribution in [0.2, 0.25) is 0 Å². The highest BCUT2D eigenvalue weighted by Gasteiger charge is 2.15. The van der Waals surface area contributed by atoms with Gasteiger partial charge in [-0.05, 0) is 36.4 Å². The molecule has 0 unspecified atom stereocenters. The molecule has 0 fully saturated rings. The van der Waals surface area contributed by atoms with E-state index in [4.69, 9.17) is 5.26 Å². The molecule has 0 saturated heterocycles. The molecule has 0 spiro atoms. The number of azo groups is 1. The predicted octanol–water partition coefficient (Wildman–Crippen LogP) is 3.62. The molecule has 3 heterocycles. The summed E-state index contributed by atoms with van der Waals surface area (Å²) in [5.41, 5.74) is 1.99. The molecule has 3 aromatic heterocycles. The molecule has 6 nitrogen and oxygen atoms in total. The van der Waals surface area contributed by atoms with Crippen LogP contribution in [0.3, 0.4) is 0 Å². The third kappa shape index (κ3) is 3.60. The van der Waals surface area contributed by atoms with E-state index in [0.29, 0.717) is 11.4 Å². The first kappa shape index (κ1) is 14.5. The molecule has 0 saturated carbocycles. The van der Waals surface area contributed by atoms with E-state index < -0.39 is 6.04 Å². The Labute approximate surface area is 133 Å². The van der Waals surface area contributed by atoms with Gasteiger partial charge in [-0.2, -0.15) is 10.4 Å². The van der Waals surface area contributed by atoms with Crippen molar-refractivity contribution in [3.05, 3.63) is 84.1 Å². The molecule has 110 valence electrons. The second-order valence-corrected chi connectivity index (χ2v) is 4.64. The van der Waals surface area contributed by atoms with E-state index >= 15 is 0 Å². The van der Waals surface area contributed by atoms with Gasteiger partial charge in [-0.3, -0.25) is 9.97 Å². The van der Waals surface area contributed by atoms with Crippen LogP contribution < -0.4 is 0 Å². The third-order valence-electron chi connectivity index (χ3n) is 3.09. The summed E-state index contributed by atoms with van der Waals surface area (Å²) in [6, 6.07) is 16.2. The molecule has 6 heteroatoms. The molecule has 0 amide bonds. The van der Waals surface area contributed by atoms with Crippen LogP contribution >= 0.6 is 0 Å². The van der Waals surface area contributed by atoms with Gasteiger partial charge in [0, 0.05) is 18.6 Å². The summed E-state index contributed by atoms with van der Waals surface area (Å²) >= 11 is 0. The monoisotopic (exact) mass is 300 g/mol. The van der Waals surface area contributed by atoms with Crippen molar-refractivity contribution in [3.63, 3.8) is 0 Å². The van der Waals surface area contributed by atoms with Gasteiger partial charge in [-0.15, -0.1) is 5.11 Å². The zero-order valence-corrected chi connectivity index (χ0v) is 12.1. The van der Waals surface area contributed by atoms with Crippen molar-refractivity contribution >= 4 is 5.82 Å². The number of nitriles is 1. The van der Waals surface area contributed by atoms with Crippen LogP contribution in [0.1, 0.15) is 23.0 Å². The van der Waals surface area contributed by atoms with Crippen molar-refractivity contribution in [3.8, 4) is 6.07 Å². The second kappa shape index (κ2) is 7.00. The van der Waals surface area contributed by atoms with Crippen molar-refractivity contribution in [2.24, 2.45) is 10.2 Å².